The van der Waals surface area contributed by atoms with Crippen molar-refractivity contribution >= 4 is 27.5 Å². The van der Waals surface area contributed by atoms with Gasteiger partial charge in [-0.25, -0.2) is 8.42 Å². The average molecular weight is 491 g/mol. The minimum absolute atomic E-state index is 0.140. The Morgan fingerprint density at radius 1 is 0.853 bits per heavy atom. The number of anilines is 1. The molecule has 0 bridgehead atoms. The van der Waals surface area contributed by atoms with E-state index in [4.69, 9.17) is 0 Å². The molecule has 0 fully saturated rings. The van der Waals surface area contributed by atoms with Crippen LogP contribution in [-0.2, 0) is 22.7 Å². The van der Waals surface area contributed by atoms with Gasteiger partial charge in [0.05, 0.1) is 10.5 Å². The zero-order valence-electron chi connectivity index (χ0n) is 17.8. The number of benzene rings is 3. The van der Waals surface area contributed by atoms with E-state index < -0.39 is 27.7 Å². The fraction of sp³-hybridized carbons (Fsp3) is 0.130. The maximum atomic E-state index is 12.9. The SMILES string of the molecule is CNC(=O)c1cccc(CNC(=O)c2ccc(S(=O)(=O)Nc3cccc(C(F)(F)F)c3)cc2)c1. The van der Waals surface area contributed by atoms with E-state index in [0.29, 0.717) is 17.2 Å². The first-order chi connectivity index (χ1) is 16.0. The molecule has 34 heavy (non-hydrogen) atoms. The molecule has 0 radical (unpaired) electrons. The quantitative estimate of drug-likeness (QED) is 0.468. The second-order valence-electron chi connectivity index (χ2n) is 7.17. The normalized spacial score (nSPS) is 11.5. The molecule has 0 aliphatic carbocycles. The molecular formula is C23H20F3N3O4S. The van der Waals surface area contributed by atoms with Crippen molar-refractivity contribution in [2.75, 3.05) is 11.8 Å². The van der Waals surface area contributed by atoms with Crippen molar-refractivity contribution in [1.29, 1.82) is 0 Å². The summed E-state index contributed by atoms with van der Waals surface area (Å²) in [5, 5.41) is 5.19. The lowest BCUT2D eigenvalue weighted by molar-refractivity contribution is -0.137. The molecule has 0 unspecified atom stereocenters. The Labute approximate surface area is 194 Å². The van der Waals surface area contributed by atoms with Crippen molar-refractivity contribution in [1.82, 2.24) is 10.6 Å². The van der Waals surface area contributed by atoms with E-state index >= 15 is 0 Å². The molecule has 3 aromatic carbocycles. The van der Waals surface area contributed by atoms with Gasteiger partial charge in [-0.1, -0.05) is 18.2 Å². The lowest BCUT2D eigenvalue weighted by Gasteiger charge is -2.12. The average Bonchev–Trinajstić information content (AvgIpc) is 2.81. The number of carbonyl (C=O) groups is 2. The van der Waals surface area contributed by atoms with E-state index in [1.54, 1.807) is 24.3 Å². The van der Waals surface area contributed by atoms with Gasteiger partial charge < -0.3 is 10.6 Å². The summed E-state index contributed by atoms with van der Waals surface area (Å²) in [7, 11) is -2.67. The Morgan fingerprint density at radius 2 is 1.53 bits per heavy atom. The summed E-state index contributed by atoms with van der Waals surface area (Å²) < 4.78 is 65.7. The summed E-state index contributed by atoms with van der Waals surface area (Å²) in [6.45, 7) is 0.140. The van der Waals surface area contributed by atoms with Crippen LogP contribution >= 0.6 is 0 Å². The number of nitrogens with one attached hydrogen (secondary N) is 3. The van der Waals surface area contributed by atoms with Crippen LogP contribution in [0.3, 0.4) is 0 Å². The molecule has 0 aliphatic heterocycles. The van der Waals surface area contributed by atoms with Crippen molar-refractivity contribution in [2.24, 2.45) is 0 Å². The smallest absolute Gasteiger partial charge is 0.355 e. The minimum Gasteiger partial charge on any atom is -0.355 e. The summed E-state index contributed by atoms with van der Waals surface area (Å²) in [4.78, 5) is 23.9. The molecule has 0 saturated heterocycles. The van der Waals surface area contributed by atoms with Crippen molar-refractivity contribution in [3.05, 3.63) is 95.1 Å². The maximum Gasteiger partial charge on any atom is 0.416 e. The van der Waals surface area contributed by atoms with Gasteiger partial charge >= 0.3 is 6.18 Å². The van der Waals surface area contributed by atoms with Crippen LogP contribution in [0.1, 0.15) is 31.8 Å². The Kier molecular flexibility index (Phi) is 7.26. The van der Waals surface area contributed by atoms with Crippen LogP contribution in [0.5, 0.6) is 0 Å². The van der Waals surface area contributed by atoms with Crippen molar-refractivity contribution in [2.45, 2.75) is 17.6 Å². The highest BCUT2D eigenvalue weighted by Gasteiger charge is 2.30. The van der Waals surface area contributed by atoms with Crippen molar-refractivity contribution in [3.8, 4) is 0 Å². The molecule has 178 valence electrons. The topological polar surface area (TPSA) is 104 Å². The molecule has 0 aromatic heterocycles. The molecule has 3 aromatic rings. The van der Waals surface area contributed by atoms with Gasteiger partial charge in [-0.15, -0.1) is 0 Å². The predicted molar refractivity (Wildman–Crippen MR) is 120 cm³/mol. The van der Waals surface area contributed by atoms with Crippen LogP contribution in [0.25, 0.3) is 0 Å². The van der Waals surface area contributed by atoms with Gasteiger partial charge in [0.1, 0.15) is 0 Å². The van der Waals surface area contributed by atoms with Crippen LogP contribution in [-0.4, -0.2) is 27.3 Å². The van der Waals surface area contributed by atoms with Gasteiger partial charge in [0.25, 0.3) is 21.8 Å². The van der Waals surface area contributed by atoms with Gasteiger partial charge in [-0.3, -0.25) is 14.3 Å². The minimum atomic E-state index is -4.61. The maximum absolute atomic E-state index is 12.9. The van der Waals surface area contributed by atoms with Gasteiger partial charge in [0.15, 0.2) is 0 Å². The lowest BCUT2D eigenvalue weighted by atomic mass is 10.1. The Morgan fingerprint density at radius 3 is 2.18 bits per heavy atom. The van der Waals surface area contributed by atoms with E-state index in [-0.39, 0.29) is 28.6 Å². The third-order valence-electron chi connectivity index (χ3n) is 4.74. The fourth-order valence-electron chi connectivity index (χ4n) is 3.01. The Hall–Kier alpha value is -3.86. The fourth-order valence-corrected chi connectivity index (χ4v) is 4.06. The summed E-state index contributed by atoms with van der Waals surface area (Å²) in [6.07, 6.45) is -4.61. The monoisotopic (exact) mass is 491 g/mol. The summed E-state index contributed by atoms with van der Waals surface area (Å²) in [5.74, 6) is -0.733. The zero-order valence-corrected chi connectivity index (χ0v) is 18.6. The van der Waals surface area contributed by atoms with Crippen LogP contribution in [0.15, 0.2) is 77.7 Å². The van der Waals surface area contributed by atoms with Gasteiger partial charge in [0.2, 0.25) is 0 Å². The van der Waals surface area contributed by atoms with Crippen LogP contribution in [0, 0.1) is 0 Å². The molecule has 2 amide bonds. The summed E-state index contributed by atoms with van der Waals surface area (Å²) >= 11 is 0. The third-order valence-corrected chi connectivity index (χ3v) is 6.14. The highest BCUT2D eigenvalue weighted by Crippen LogP contribution is 2.31. The van der Waals surface area contributed by atoms with E-state index in [1.807, 2.05) is 0 Å². The first-order valence-corrected chi connectivity index (χ1v) is 11.4. The number of carbonyl (C=O) groups excluding carboxylic acids is 2. The number of sulfonamides is 1. The number of halogens is 3. The largest absolute Gasteiger partial charge is 0.416 e. The van der Waals surface area contributed by atoms with Crippen LogP contribution in [0.2, 0.25) is 0 Å². The Bertz CT molecular complexity index is 1310. The number of rotatable bonds is 7. The first kappa shape index (κ1) is 24.8. The molecule has 0 heterocycles. The zero-order chi connectivity index (χ0) is 24.9. The van der Waals surface area contributed by atoms with E-state index in [1.165, 1.54) is 37.4 Å². The standard InChI is InChI=1S/C23H20F3N3O4S/c1-27-21(30)17-5-2-4-15(12-17)14-28-22(31)16-8-10-20(11-9-16)34(32,33)29-19-7-3-6-18(13-19)23(24,25)26/h2-13,29H,14H2,1H3,(H,27,30)(H,28,31). The van der Waals surface area contributed by atoms with Gasteiger partial charge in [0, 0.05) is 30.4 Å². The molecule has 3 N–H and O–H groups in total. The number of hydrogen-bond acceptors (Lipinski definition) is 4. The lowest BCUT2D eigenvalue weighted by Crippen LogP contribution is -2.23. The number of hydrogen-bond donors (Lipinski definition) is 3. The highest BCUT2D eigenvalue weighted by atomic mass is 32.2. The van der Waals surface area contributed by atoms with E-state index in [0.717, 1.165) is 12.1 Å². The molecule has 0 atom stereocenters. The van der Waals surface area contributed by atoms with Crippen LogP contribution < -0.4 is 15.4 Å². The Balaban J connectivity index is 1.67. The second-order valence-corrected chi connectivity index (χ2v) is 8.85. The number of alkyl halides is 3. The van der Waals surface area contributed by atoms with Gasteiger partial charge in [-0.05, 0) is 60.2 Å². The summed E-state index contributed by atoms with van der Waals surface area (Å²) in [6, 6.07) is 15.4. The van der Waals surface area contributed by atoms with Crippen LogP contribution in [0.4, 0.5) is 18.9 Å². The van der Waals surface area contributed by atoms with Gasteiger partial charge in [-0.2, -0.15) is 13.2 Å². The van der Waals surface area contributed by atoms with E-state index in [9.17, 15) is 31.2 Å². The molecule has 0 spiro atoms. The third kappa shape index (κ3) is 6.13. The molecule has 0 saturated carbocycles. The van der Waals surface area contributed by atoms with E-state index in [2.05, 4.69) is 15.4 Å². The first-order valence-electron chi connectivity index (χ1n) is 9.89. The molecule has 11 heteroatoms. The van der Waals surface area contributed by atoms with Crippen molar-refractivity contribution in [3.63, 3.8) is 0 Å². The molecule has 7 nitrogen and oxygen atoms in total. The molecular weight excluding hydrogens is 471 g/mol. The predicted octanol–water partition coefficient (Wildman–Crippen LogP) is 3.80. The second kappa shape index (κ2) is 9.96. The molecule has 3 rings (SSSR count). The number of amides is 2. The van der Waals surface area contributed by atoms with Crippen molar-refractivity contribution < 1.29 is 31.2 Å². The summed E-state index contributed by atoms with van der Waals surface area (Å²) in [5.41, 5.74) is 0.0905. The molecule has 0 aliphatic rings. The highest BCUT2D eigenvalue weighted by molar-refractivity contribution is 7.92.